The Kier molecular flexibility index (Phi) is 22.3. The maximum Gasteiger partial charge on any atom is 0.254 e. The van der Waals surface area contributed by atoms with E-state index < -0.39 is 238 Å². The molecule has 35 heteroatoms. The standard InChI is InChI=1S/5C16H27N5O2/c5*1-9-5-6-10(7-12(9)22)19-14-11(13(17)23)8-18-15(20-14)21-16(2,3)4/h5*8-10,12,22H,5-7H2,1-4H3,(H2,17,23)(H2,18,19,20,21)/i5D,6D2,7D,9D,10D;5D,6D,7D2,9D,10D;5D,6D,7D,9D,10D;6D2,9D,10D,12D;5D,6D,7D. The first kappa shape index (κ1) is 62.8. The molecular weight excluding hydrogens is 1470 g/mol. The van der Waals surface area contributed by atoms with Crippen molar-refractivity contribution in [3.63, 3.8) is 0 Å². The lowest BCUT2D eigenvalue weighted by atomic mass is 9.85. The van der Waals surface area contributed by atoms with Crippen molar-refractivity contribution in [2.75, 3.05) is 53.2 Å². The van der Waals surface area contributed by atoms with Crippen LogP contribution in [0.1, 0.15) is 320 Å². The second kappa shape index (κ2) is 40.9. The van der Waals surface area contributed by atoms with Gasteiger partial charge in [-0.15, -0.1) is 0 Å². The van der Waals surface area contributed by atoms with E-state index in [4.69, 9.17) is 62.9 Å². The SMILES string of the molecule is [2H]C1([2H])CC([2H])(C)C([2H])(O)CC1([2H])Nc1nc(NC(C)(C)C)ncc1C(N)=O.[2H]C1C([2H])(C)C(O)C([2H])C([2H])(Nc2nc(NC(C)(C)C)ncc2C(N)=O)C1([2H])[2H].[2H]C1C([2H])C(Nc2nc(NC(C)(C)C)ncc2C(N)=O)C([2H])C(O)C1C.[2H]C1C([2H])C([2H])(Nc2nc(NC(C)(C)C)ncc2C(N)=O)C([2H])([2H])C(O)C1([2H])C.[2H]C1C([2H])C([2H])(Nc2nc(NC(C)(C)C)ncc2C(N)=O)C([2H])C(O)C1([2H])C. The van der Waals surface area contributed by atoms with Crippen molar-refractivity contribution in [1.29, 1.82) is 0 Å². The predicted octanol–water partition coefficient (Wildman–Crippen LogP) is 8.74. The van der Waals surface area contributed by atoms with Crippen LogP contribution in [-0.4, -0.2) is 193 Å². The summed E-state index contributed by atoms with van der Waals surface area (Å²) in [7, 11) is 0. The molecule has 5 aliphatic carbocycles. The summed E-state index contributed by atoms with van der Waals surface area (Å²) in [5.74, 6) is -12.7. The first-order valence-corrected chi connectivity index (χ1v) is 36.6. The minimum Gasteiger partial charge on any atom is -0.393 e. The molecule has 5 heterocycles. The Morgan fingerprint density at radius 2 is 0.670 bits per heavy atom. The van der Waals surface area contributed by atoms with Gasteiger partial charge in [0.1, 0.15) is 29.1 Å². The number of primary amides is 5. The highest BCUT2D eigenvalue weighted by molar-refractivity contribution is 6.00. The number of amides is 5. The molecule has 0 radical (unpaired) electrons. The third-order valence-corrected chi connectivity index (χ3v) is 15.8. The number of hydrogen-bond acceptors (Lipinski definition) is 30. The van der Waals surface area contributed by atoms with Gasteiger partial charge in [0.15, 0.2) is 0 Å². The van der Waals surface area contributed by atoms with Crippen LogP contribution >= 0.6 is 0 Å². The summed E-state index contributed by atoms with van der Waals surface area (Å²) in [5.41, 5.74) is 24.0. The molecule has 115 heavy (non-hydrogen) atoms. The molecule has 5 saturated carbocycles. The number of carbonyl (C=O) groups excluding carboxylic acids is 5. The molecular formula is C80H135N25O10. The van der Waals surface area contributed by atoms with Gasteiger partial charge in [0, 0.05) is 116 Å². The molecule has 25 unspecified atom stereocenters. The monoisotopic (exact) mass is 1630 g/mol. The van der Waals surface area contributed by atoms with Gasteiger partial charge >= 0.3 is 0 Å². The van der Waals surface area contributed by atoms with Gasteiger partial charge in [-0.1, -0.05) is 34.6 Å². The Morgan fingerprint density at radius 3 is 1.03 bits per heavy atom. The average molecular weight is 1630 g/mol. The van der Waals surface area contributed by atoms with E-state index in [0.29, 0.717) is 0 Å². The molecule has 35 nitrogen and oxygen atoms in total. The van der Waals surface area contributed by atoms with Crippen LogP contribution < -0.4 is 81.8 Å². The van der Waals surface area contributed by atoms with Gasteiger partial charge in [0.05, 0.1) is 65.2 Å². The van der Waals surface area contributed by atoms with Crippen LogP contribution in [0.3, 0.4) is 0 Å². The molecule has 0 aliphatic heterocycles. The first-order chi connectivity index (χ1) is 62.8. The van der Waals surface area contributed by atoms with Crippen LogP contribution in [0.4, 0.5) is 58.8 Å². The lowest BCUT2D eigenvalue weighted by Gasteiger charge is -2.32. The molecule has 5 amide bonds. The van der Waals surface area contributed by atoms with Gasteiger partial charge in [-0.2, -0.15) is 24.9 Å². The van der Waals surface area contributed by atoms with Gasteiger partial charge in [-0.05, 0) is 229 Å². The van der Waals surface area contributed by atoms with Crippen LogP contribution in [-0.2, 0) is 0 Å². The van der Waals surface area contributed by atoms with Crippen molar-refractivity contribution < 1.29 is 83.8 Å². The van der Waals surface area contributed by atoms with Crippen LogP contribution in [0.25, 0.3) is 0 Å². The second-order valence-corrected chi connectivity index (χ2v) is 32.5. The summed E-state index contributed by atoms with van der Waals surface area (Å²) in [4.78, 5) is 99.7. The van der Waals surface area contributed by atoms with Gasteiger partial charge in [-0.25, -0.2) is 24.9 Å². The van der Waals surface area contributed by atoms with E-state index in [1.54, 1.807) is 6.92 Å². The van der Waals surface area contributed by atoms with Crippen molar-refractivity contribution in [2.45, 2.75) is 323 Å². The lowest BCUT2D eigenvalue weighted by Crippen LogP contribution is -2.36. The molecule has 5 aromatic heterocycles. The smallest absolute Gasteiger partial charge is 0.254 e. The van der Waals surface area contributed by atoms with Crippen LogP contribution in [0.5, 0.6) is 0 Å². The summed E-state index contributed by atoms with van der Waals surface area (Å²) >= 11 is 0. The largest absolute Gasteiger partial charge is 0.393 e. The normalized spacial score (nSPS) is 41.6. The molecule has 25 N–H and O–H groups in total. The number of nitrogens with zero attached hydrogens (tertiary/aromatic N) is 10. The molecule has 0 spiro atoms. The third kappa shape index (κ3) is 31.9. The number of carbonyl (C=O) groups is 5. The number of anilines is 10. The van der Waals surface area contributed by atoms with Crippen LogP contribution in [0.2, 0.25) is 0 Å². The zero-order valence-electron chi connectivity index (χ0n) is 93.7. The minimum atomic E-state index is -2.83. The van der Waals surface area contributed by atoms with Gasteiger partial charge in [0.2, 0.25) is 29.7 Å². The van der Waals surface area contributed by atoms with Crippen LogP contribution in [0.15, 0.2) is 31.0 Å². The van der Waals surface area contributed by atoms with Gasteiger partial charge in [-0.3, -0.25) is 24.0 Å². The fourth-order valence-electron chi connectivity index (χ4n) is 9.89. The van der Waals surface area contributed by atoms with Crippen molar-refractivity contribution in [3.05, 3.63) is 58.8 Å². The molecule has 0 saturated heterocycles. The molecule has 640 valence electrons. The maximum atomic E-state index is 11.8. The van der Waals surface area contributed by atoms with Gasteiger partial charge < -0.3 is 107 Å². The van der Waals surface area contributed by atoms with E-state index in [9.17, 15) is 49.5 Å². The Hall–Kier alpha value is -9.45. The van der Waals surface area contributed by atoms with E-state index in [0.717, 1.165) is 32.4 Å². The number of rotatable bonds is 20. The number of aromatic nitrogens is 10. The number of aliphatic hydroxyl groups is 5. The average Bonchev–Trinajstić information content (AvgIpc) is 0.716. The Labute approximate surface area is 713 Å². The fraction of sp³-hybridized carbons (Fsp3) is 0.688. The van der Waals surface area contributed by atoms with Crippen molar-refractivity contribution >= 4 is 88.4 Å². The van der Waals surface area contributed by atoms with E-state index in [1.807, 2.05) is 104 Å². The van der Waals surface area contributed by atoms with Crippen molar-refractivity contribution in [1.82, 2.24) is 49.8 Å². The molecule has 0 bridgehead atoms. The van der Waals surface area contributed by atoms with Crippen molar-refractivity contribution in [3.8, 4) is 0 Å². The Morgan fingerprint density at radius 1 is 0.365 bits per heavy atom. The second-order valence-electron chi connectivity index (χ2n) is 32.5. The van der Waals surface area contributed by atoms with E-state index >= 15 is 0 Å². The topological polar surface area (TPSA) is 566 Å². The highest BCUT2D eigenvalue weighted by Crippen LogP contribution is 2.34. The summed E-state index contributed by atoms with van der Waals surface area (Å²) in [5, 5.41) is 79.5. The van der Waals surface area contributed by atoms with Crippen LogP contribution in [0, 0.1) is 29.5 Å². The molecule has 10 rings (SSSR count). The molecule has 0 aromatic carbocycles. The predicted molar refractivity (Wildman–Crippen MR) is 452 cm³/mol. The number of nitrogens with two attached hydrogens (primary N) is 5. The minimum absolute atomic E-state index is 0.0264. The maximum absolute atomic E-state index is 11.8. The molecule has 5 fully saturated rings. The van der Waals surface area contributed by atoms with Crippen molar-refractivity contribution in [2.24, 2.45) is 58.2 Å². The van der Waals surface area contributed by atoms with E-state index in [1.165, 1.54) is 26.2 Å². The first-order valence-electron chi connectivity index (χ1n) is 49.9. The summed E-state index contributed by atoms with van der Waals surface area (Å²) in [6.07, 6.45) is -27.0. The number of aliphatic hydroxyl groups excluding tert-OH is 4. The molecule has 5 aromatic rings. The molecule has 5 aliphatic rings. The highest BCUT2D eigenvalue weighted by atomic mass is 16.3. The molecule has 25 atom stereocenters. The lowest BCUT2D eigenvalue weighted by molar-refractivity contribution is 0.0737. The summed E-state index contributed by atoms with van der Waals surface area (Å²) in [6.45, 7) is 34.5. The third-order valence-electron chi connectivity index (χ3n) is 15.8. The summed E-state index contributed by atoms with van der Waals surface area (Å²) < 4.78 is 206. The zero-order valence-corrected chi connectivity index (χ0v) is 68.7. The van der Waals surface area contributed by atoms with Gasteiger partial charge in [0.25, 0.3) is 29.5 Å². The number of nitrogens with one attached hydrogen (secondary N) is 10. The zero-order chi connectivity index (χ0) is 108. The Bertz CT molecular complexity index is 5030. The van der Waals surface area contributed by atoms with E-state index in [-0.39, 0.29) is 92.2 Å². The fourth-order valence-corrected chi connectivity index (χ4v) is 9.89. The summed E-state index contributed by atoms with van der Waals surface area (Å²) in [6, 6.07) is -10.5. The number of hydrogen-bond donors (Lipinski definition) is 20. The Balaban J connectivity index is 0.000000268. The van der Waals surface area contributed by atoms with E-state index in [2.05, 4.69) is 103 Å². The highest BCUT2D eigenvalue weighted by Gasteiger charge is 2.34. The quantitative estimate of drug-likeness (QED) is 0.0346.